The molecule has 3 heteroatoms. The normalized spacial score (nSPS) is 12.4. The van der Waals surface area contributed by atoms with Crippen molar-refractivity contribution in [1.29, 1.82) is 0 Å². The zero-order chi connectivity index (χ0) is 16.0. The number of ether oxygens (including phenoxy) is 1. The summed E-state index contributed by atoms with van der Waals surface area (Å²) in [5.41, 5.74) is 5.81. The Kier molecular flexibility index (Phi) is 3.08. The summed E-state index contributed by atoms with van der Waals surface area (Å²) in [7, 11) is 4.16. The summed E-state index contributed by atoms with van der Waals surface area (Å²) >= 11 is 0. The SMILES string of the molecule is Cc1cc2c(cc1-c1cccc[n+]1C)N(C)c1ccccc1O2. The highest BCUT2D eigenvalue weighted by Crippen LogP contribution is 2.47. The zero-order valence-corrected chi connectivity index (χ0v) is 13.6. The minimum atomic E-state index is 0.903. The molecule has 0 amide bonds. The first-order valence-electron chi connectivity index (χ1n) is 7.75. The third-order valence-corrected chi connectivity index (χ3v) is 4.44. The van der Waals surface area contributed by atoms with E-state index in [1.54, 1.807) is 0 Å². The van der Waals surface area contributed by atoms with Gasteiger partial charge in [-0.25, -0.2) is 4.57 Å². The number of nitrogens with zero attached hydrogens (tertiary/aromatic N) is 2. The first-order valence-corrected chi connectivity index (χ1v) is 7.75. The van der Waals surface area contributed by atoms with E-state index in [-0.39, 0.29) is 0 Å². The van der Waals surface area contributed by atoms with Gasteiger partial charge in [-0.15, -0.1) is 0 Å². The summed E-state index contributed by atoms with van der Waals surface area (Å²) in [5.74, 6) is 1.81. The Labute approximate surface area is 136 Å². The van der Waals surface area contributed by atoms with Crippen LogP contribution in [-0.4, -0.2) is 7.05 Å². The number of benzene rings is 2. The van der Waals surface area contributed by atoms with E-state index in [2.05, 4.69) is 67.0 Å². The highest BCUT2D eigenvalue weighted by Gasteiger charge is 2.24. The van der Waals surface area contributed by atoms with Gasteiger partial charge >= 0.3 is 0 Å². The van der Waals surface area contributed by atoms with Crippen molar-refractivity contribution in [3.8, 4) is 22.8 Å². The van der Waals surface area contributed by atoms with Gasteiger partial charge in [0.2, 0.25) is 5.69 Å². The topological polar surface area (TPSA) is 16.4 Å². The minimum absolute atomic E-state index is 0.903. The molecule has 0 unspecified atom stereocenters. The first-order chi connectivity index (χ1) is 11.1. The molecule has 114 valence electrons. The number of fused-ring (bicyclic) bond motifs is 2. The summed E-state index contributed by atoms with van der Waals surface area (Å²) in [6, 6.07) is 18.7. The van der Waals surface area contributed by atoms with Crippen molar-refractivity contribution >= 4 is 11.4 Å². The molecule has 0 radical (unpaired) electrons. The maximum atomic E-state index is 6.10. The molecule has 0 N–H and O–H groups in total. The van der Waals surface area contributed by atoms with Gasteiger partial charge in [-0.3, -0.25) is 0 Å². The summed E-state index contributed by atoms with van der Waals surface area (Å²) in [6.45, 7) is 2.13. The fourth-order valence-corrected chi connectivity index (χ4v) is 3.16. The lowest BCUT2D eigenvalue weighted by Crippen LogP contribution is -2.30. The summed E-state index contributed by atoms with van der Waals surface area (Å²) < 4.78 is 8.25. The lowest BCUT2D eigenvalue weighted by atomic mass is 10.0. The molecular weight excluding hydrogens is 284 g/mol. The molecule has 3 nitrogen and oxygen atoms in total. The number of para-hydroxylation sites is 2. The Hall–Kier alpha value is -2.81. The molecule has 2 heterocycles. The largest absolute Gasteiger partial charge is 0.453 e. The van der Waals surface area contributed by atoms with Gasteiger partial charge in [-0.1, -0.05) is 12.1 Å². The highest BCUT2D eigenvalue weighted by atomic mass is 16.5. The second-order valence-corrected chi connectivity index (χ2v) is 5.96. The van der Waals surface area contributed by atoms with Gasteiger partial charge in [0.05, 0.1) is 16.9 Å². The van der Waals surface area contributed by atoms with Crippen LogP contribution in [0, 0.1) is 6.92 Å². The number of hydrogen-bond donors (Lipinski definition) is 0. The third kappa shape index (κ3) is 2.16. The fourth-order valence-electron chi connectivity index (χ4n) is 3.16. The Balaban J connectivity index is 1.89. The maximum Gasteiger partial charge on any atom is 0.212 e. The quantitative estimate of drug-likeness (QED) is 0.621. The monoisotopic (exact) mass is 303 g/mol. The van der Waals surface area contributed by atoms with Crippen LogP contribution in [-0.2, 0) is 7.05 Å². The van der Waals surface area contributed by atoms with E-state index in [1.165, 1.54) is 16.8 Å². The smallest absolute Gasteiger partial charge is 0.212 e. The average Bonchev–Trinajstić information content (AvgIpc) is 2.55. The molecule has 1 aliphatic heterocycles. The van der Waals surface area contributed by atoms with Gasteiger partial charge in [0.25, 0.3) is 0 Å². The van der Waals surface area contributed by atoms with Crippen molar-refractivity contribution in [2.75, 3.05) is 11.9 Å². The van der Waals surface area contributed by atoms with Crippen LogP contribution >= 0.6 is 0 Å². The van der Waals surface area contributed by atoms with Crippen LogP contribution in [0.5, 0.6) is 11.5 Å². The summed E-state index contributed by atoms with van der Waals surface area (Å²) in [6.07, 6.45) is 2.07. The number of aryl methyl sites for hydroxylation is 2. The van der Waals surface area contributed by atoms with Crippen LogP contribution in [0.25, 0.3) is 11.3 Å². The van der Waals surface area contributed by atoms with Crippen LogP contribution in [0.3, 0.4) is 0 Å². The van der Waals surface area contributed by atoms with E-state index in [0.717, 1.165) is 22.9 Å². The molecule has 23 heavy (non-hydrogen) atoms. The van der Waals surface area contributed by atoms with Crippen LogP contribution in [0.1, 0.15) is 5.56 Å². The van der Waals surface area contributed by atoms with Crippen LogP contribution in [0.4, 0.5) is 11.4 Å². The number of anilines is 2. The van der Waals surface area contributed by atoms with Crippen LogP contribution in [0.15, 0.2) is 60.8 Å². The van der Waals surface area contributed by atoms with Crippen molar-refractivity contribution in [2.45, 2.75) is 6.92 Å². The van der Waals surface area contributed by atoms with Crippen molar-refractivity contribution in [3.63, 3.8) is 0 Å². The van der Waals surface area contributed by atoms with Crippen LogP contribution < -0.4 is 14.2 Å². The van der Waals surface area contributed by atoms with Gasteiger partial charge in [0.15, 0.2) is 17.7 Å². The zero-order valence-electron chi connectivity index (χ0n) is 13.6. The van der Waals surface area contributed by atoms with Gasteiger partial charge in [0.1, 0.15) is 7.05 Å². The standard InChI is InChI=1S/C20H19N2O/c1-14-12-20-18(13-15(14)16-8-6-7-11-21(16)2)22(3)17-9-4-5-10-19(17)23-20/h4-13H,1-3H3/q+1. The lowest BCUT2D eigenvalue weighted by molar-refractivity contribution is -0.660. The summed E-state index contributed by atoms with van der Waals surface area (Å²) in [5, 5.41) is 0. The van der Waals surface area contributed by atoms with Gasteiger partial charge in [-0.05, 0) is 42.8 Å². The molecule has 0 bridgehead atoms. The number of hydrogen-bond acceptors (Lipinski definition) is 2. The fraction of sp³-hybridized carbons (Fsp3) is 0.150. The Morgan fingerprint density at radius 3 is 2.52 bits per heavy atom. The first kappa shape index (κ1) is 13.8. The molecule has 0 spiro atoms. The van der Waals surface area contributed by atoms with Crippen molar-refractivity contribution in [1.82, 2.24) is 0 Å². The van der Waals surface area contributed by atoms with Crippen molar-refractivity contribution in [2.24, 2.45) is 7.05 Å². The molecule has 0 fully saturated rings. The lowest BCUT2D eigenvalue weighted by Gasteiger charge is -2.30. The van der Waals surface area contributed by atoms with E-state index in [0.29, 0.717) is 0 Å². The Bertz CT molecular complexity index is 902. The predicted octanol–water partition coefficient (Wildman–Crippen LogP) is 4.36. The van der Waals surface area contributed by atoms with E-state index in [9.17, 15) is 0 Å². The molecule has 1 aliphatic rings. The van der Waals surface area contributed by atoms with Crippen molar-refractivity contribution in [3.05, 3.63) is 66.4 Å². The van der Waals surface area contributed by atoms with Gasteiger partial charge < -0.3 is 9.64 Å². The highest BCUT2D eigenvalue weighted by molar-refractivity contribution is 5.81. The number of aromatic nitrogens is 1. The average molecular weight is 303 g/mol. The second kappa shape index (κ2) is 5.13. The molecule has 1 aromatic heterocycles. The van der Waals surface area contributed by atoms with E-state index < -0.39 is 0 Å². The molecule has 0 saturated carbocycles. The molecule has 2 aromatic carbocycles. The Morgan fingerprint density at radius 1 is 0.913 bits per heavy atom. The van der Waals surface area contributed by atoms with E-state index >= 15 is 0 Å². The number of pyridine rings is 1. The van der Waals surface area contributed by atoms with E-state index in [4.69, 9.17) is 4.74 Å². The van der Waals surface area contributed by atoms with E-state index in [1.807, 2.05) is 24.3 Å². The number of rotatable bonds is 1. The minimum Gasteiger partial charge on any atom is -0.453 e. The molecule has 4 rings (SSSR count). The van der Waals surface area contributed by atoms with Crippen LogP contribution in [0.2, 0.25) is 0 Å². The molecule has 0 atom stereocenters. The molecule has 0 saturated heterocycles. The van der Waals surface area contributed by atoms with Gasteiger partial charge in [0, 0.05) is 19.2 Å². The van der Waals surface area contributed by atoms with Gasteiger partial charge in [-0.2, -0.15) is 0 Å². The predicted molar refractivity (Wildman–Crippen MR) is 92.4 cm³/mol. The molecule has 3 aromatic rings. The van der Waals surface area contributed by atoms with Crippen molar-refractivity contribution < 1.29 is 9.30 Å². The Morgan fingerprint density at radius 2 is 1.70 bits per heavy atom. The maximum absolute atomic E-state index is 6.10. The molecule has 0 aliphatic carbocycles. The third-order valence-electron chi connectivity index (χ3n) is 4.44. The second-order valence-electron chi connectivity index (χ2n) is 5.96. The molecular formula is C20H19N2O+. The summed E-state index contributed by atoms with van der Waals surface area (Å²) in [4.78, 5) is 2.19.